The van der Waals surface area contributed by atoms with E-state index in [9.17, 15) is 12.8 Å². The molecule has 0 unspecified atom stereocenters. The summed E-state index contributed by atoms with van der Waals surface area (Å²) in [5.74, 6) is -0.785. The Kier molecular flexibility index (Phi) is 4.66. The molecule has 21 heavy (non-hydrogen) atoms. The summed E-state index contributed by atoms with van der Waals surface area (Å²) in [6.45, 7) is 5.07. The topological polar surface area (TPSA) is 63.4 Å². The molecule has 0 spiro atoms. The Morgan fingerprint density at radius 2 is 1.95 bits per heavy atom. The maximum Gasteiger partial charge on any atom is 0.246 e. The highest BCUT2D eigenvalue weighted by atomic mass is 79.9. The molecule has 1 heterocycles. The Hall–Kier alpha value is -0.660. The molecule has 4 nitrogen and oxygen atoms in total. The normalized spacial score (nSPS) is 20.2. The van der Waals surface area contributed by atoms with Crippen molar-refractivity contribution >= 4 is 31.6 Å². The van der Waals surface area contributed by atoms with Gasteiger partial charge in [0.15, 0.2) is 5.82 Å². The van der Waals surface area contributed by atoms with Crippen LogP contribution in [0.1, 0.15) is 33.1 Å². The van der Waals surface area contributed by atoms with Gasteiger partial charge in [-0.2, -0.15) is 4.31 Å². The fourth-order valence-electron chi connectivity index (χ4n) is 2.55. The number of nitrogen functional groups attached to an aromatic ring is 1. The van der Waals surface area contributed by atoms with Crippen LogP contribution in [0.2, 0.25) is 0 Å². The van der Waals surface area contributed by atoms with Crippen molar-refractivity contribution < 1.29 is 12.8 Å². The molecule has 2 rings (SSSR count). The van der Waals surface area contributed by atoms with Crippen LogP contribution in [0, 0.1) is 11.2 Å². The second-order valence-corrected chi connectivity index (χ2v) is 9.00. The SMILES string of the molecule is CC1(C)CCCN(S(=O)(=O)c2cc(N)cc(Br)c2F)CC1. The minimum absolute atomic E-state index is 0.0660. The lowest BCUT2D eigenvalue weighted by Gasteiger charge is -2.23. The molecule has 0 atom stereocenters. The van der Waals surface area contributed by atoms with Crippen LogP contribution in [0.5, 0.6) is 0 Å². The van der Waals surface area contributed by atoms with Crippen LogP contribution in [0.15, 0.2) is 21.5 Å². The van der Waals surface area contributed by atoms with Crippen molar-refractivity contribution in [3.63, 3.8) is 0 Å². The van der Waals surface area contributed by atoms with Crippen molar-refractivity contribution in [3.8, 4) is 0 Å². The maximum atomic E-state index is 14.2. The van der Waals surface area contributed by atoms with Crippen LogP contribution in [0.25, 0.3) is 0 Å². The molecule has 0 aromatic heterocycles. The largest absolute Gasteiger partial charge is 0.399 e. The summed E-state index contributed by atoms with van der Waals surface area (Å²) >= 11 is 3.01. The second kappa shape index (κ2) is 5.85. The van der Waals surface area contributed by atoms with Crippen LogP contribution in [-0.2, 0) is 10.0 Å². The lowest BCUT2D eigenvalue weighted by Crippen LogP contribution is -2.33. The molecule has 0 saturated carbocycles. The van der Waals surface area contributed by atoms with Gasteiger partial charge in [-0.25, -0.2) is 12.8 Å². The Balaban J connectivity index is 2.39. The molecular formula is C14H20BrFN2O2S. The second-order valence-electron chi connectivity index (χ2n) is 6.24. The minimum Gasteiger partial charge on any atom is -0.399 e. The van der Waals surface area contributed by atoms with Gasteiger partial charge < -0.3 is 5.73 Å². The van der Waals surface area contributed by atoms with Gasteiger partial charge in [0.05, 0.1) is 4.47 Å². The van der Waals surface area contributed by atoms with E-state index in [-0.39, 0.29) is 20.5 Å². The van der Waals surface area contributed by atoms with E-state index in [1.54, 1.807) is 0 Å². The number of anilines is 1. The fraction of sp³-hybridized carbons (Fsp3) is 0.571. The fourth-order valence-corrected chi connectivity index (χ4v) is 4.76. The monoisotopic (exact) mass is 378 g/mol. The number of nitrogens with zero attached hydrogens (tertiary/aromatic N) is 1. The molecule has 0 bridgehead atoms. The summed E-state index contributed by atoms with van der Waals surface area (Å²) in [6.07, 6.45) is 2.50. The van der Waals surface area contributed by atoms with E-state index in [0.717, 1.165) is 19.3 Å². The van der Waals surface area contributed by atoms with E-state index in [4.69, 9.17) is 5.73 Å². The number of benzene rings is 1. The number of halogens is 2. The number of hydrogen-bond donors (Lipinski definition) is 1. The van der Waals surface area contributed by atoms with Gasteiger partial charge in [0.25, 0.3) is 0 Å². The van der Waals surface area contributed by atoms with Crippen LogP contribution in [0.4, 0.5) is 10.1 Å². The summed E-state index contributed by atoms with van der Waals surface area (Å²) < 4.78 is 41.0. The van der Waals surface area contributed by atoms with Gasteiger partial charge in [-0.3, -0.25) is 0 Å². The smallest absolute Gasteiger partial charge is 0.246 e. The van der Waals surface area contributed by atoms with Crippen LogP contribution in [-0.4, -0.2) is 25.8 Å². The zero-order valence-electron chi connectivity index (χ0n) is 12.2. The van der Waals surface area contributed by atoms with Gasteiger partial charge in [-0.15, -0.1) is 0 Å². The Labute approximate surface area is 133 Å². The molecular weight excluding hydrogens is 359 g/mol. The predicted molar refractivity (Wildman–Crippen MR) is 84.9 cm³/mol. The van der Waals surface area contributed by atoms with E-state index in [0.29, 0.717) is 13.1 Å². The van der Waals surface area contributed by atoms with E-state index < -0.39 is 15.8 Å². The highest BCUT2D eigenvalue weighted by Gasteiger charge is 2.32. The number of hydrogen-bond acceptors (Lipinski definition) is 3. The van der Waals surface area contributed by atoms with E-state index >= 15 is 0 Å². The van der Waals surface area contributed by atoms with Crippen LogP contribution < -0.4 is 5.73 Å². The highest BCUT2D eigenvalue weighted by Crippen LogP contribution is 2.33. The first-order valence-corrected chi connectivity index (χ1v) is 9.11. The first kappa shape index (κ1) is 16.7. The molecule has 1 aliphatic heterocycles. The standard InChI is InChI=1S/C14H20BrFN2O2S/c1-14(2)4-3-6-18(7-5-14)21(19,20)12-9-10(17)8-11(15)13(12)16/h8-9H,3-7,17H2,1-2H3. The van der Waals surface area contributed by atoms with Crippen molar-refractivity contribution in [2.75, 3.05) is 18.8 Å². The first-order chi connectivity index (χ1) is 9.63. The molecule has 118 valence electrons. The Morgan fingerprint density at radius 3 is 2.62 bits per heavy atom. The Morgan fingerprint density at radius 1 is 1.29 bits per heavy atom. The van der Waals surface area contributed by atoms with E-state index in [1.165, 1.54) is 16.4 Å². The predicted octanol–water partition coefficient (Wildman–Crippen LogP) is 3.37. The summed E-state index contributed by atoms with van der Waals surface area (Å²) in [4.78, 5) is -0.353. The minimum atomic E-state index is -3.86. The summed E-state index contributed by atoms with van der Waals surface area (Å²) in [6, 6.07) is 2.55. The molecule has 1 aromatic rings. The van der Waals surface area contributed by atoms with Gasteiger partial charge in [0.2, 0.25) is 10.0 Å². The summed E-state index contributed by atoms with van der Waals surface area (Å²) in [7, 11) is -3.86. The highest BCUT2D eigenvalue weighted by molar-refractivity contribution is 9.10. The maximum absolute atomic E-state index is 14.2. The van der Waals surface area contributed by atoms with Crippen molar-refractivity contribution in [3.05, 3.63) is 22.4 Å². The zero-order chi connectivity index (χ0) is 15.8. The average Bonchev–Trinajstić information content (AvgIpc) is 2.55. The molecule has 1 fully saturated rings. The zero-order valence-corrected chi connectivity index (χ0v) is 14.6. The third kappa shape index (κ3) is 3.57. The van der Waals surface area contributed by atoms with Crippen LogP contribution in [0.3, 0.4) is 0 Å². The van der Waals surface area contributed by atoms with Gasteiger partial charge in [0.1, 0.15) is 4.90 Å². The lowest BCUT2D eigenvalue weighted by atomic mass is 9.85. The van der Waals surface area contributed by atoms with Gasteiger partial charge in [-0.1, -0.05) is 13.8 Å². The molecule has 0 aliphatic carbocycles. The molecule has 1 aromatic carbocycles. The van der Waals surface area contributed by atoms with Crippen molar-refractivity contribution in [1.29, 1.82) is 0 Å². The van der Waals surface area contributed by atoms with Gasteiger partial charge in [0, 0.05) is 18.8 Å². The number of sulfonamides is 1. The van der Waals surface area contributed by atoms with Gasteiger partial charge >= 0.3 is 0 Å². The van der Waals surface area contributed by atoms with Crippen molar-refractivity contribution in [1.82, 2.24) is 4.31 Å². The molecule has 0 amide bonds. The third-order valence-corrected chi connectivity index (χ3v) is 6.41. The first-order valence-electron chi connectivity index (χ1n) is 6.88. The number of nitrogens with two attached hydrogens (primary N) is 1. The molecule has 1 saturated heterocycles. The van der Waals surface area contributed by atoms with E-state index in [1.807, 2.05) is 0 Å². The summed E-state index contributed by atoms with van der Waals surface area (Å²) in [5.41, 5.74) is 5.98. The number of rotatable bonds is 2. The van der Waals surface area contributed by atoms with Gasteiger partial charge in [-0.05, 0) is 52.7 Å². The quantitative estimate of drug-likeness (QED) is 0.802. The molecule has 0 radical (unpaired) electrons. The van der Waals surface area contributed by atoms with Crippen molar-refractivity contribution in [2.24, 2.45) is 5.41 Å². The van der Waals surface area contributed by atoms with Crippen molar-refractivity contribution in [2.45, 2.75) is 38.0 Å². The average molecular weight is 379 g/mol. The Bertz CT molecular complexity index is 647. The molecule has 7 heteroatoms. The lowest BCUT2D eigenvalue weighted by molar-refractivity contribution is 0.314. The molecule has 2 N–H and O–H groups in total. The molecule has 1 aliphatic rings. The summed E-state index contributed by atoms with van der Waals surface area (Å²) in [5, 5.41) is 0. The van der Waals surface area contributed by atoms with E-state index in [2.05, 4.69) is 29.8 Å². The van der Waals surface area contributed by atoms with Crippen LogP contribution >= 0.6 is 15.9 Å². The third-order valence-electron chi connectivity index (χ3n) is 3.93.